The number of para-hydroxylation sites is 1. The van der Waals surface area contributed by atoms with E-state index in [2.05, 4.69) is 5.32 Å². The van der Waals surface area contributed by atoms with Crippen molar-refractivity contribution in [2.24, 2.45) is 0 Å². The van der Waals surface area contributed by atoms with Crippen molar-refractivity contribution in [2.75, 3.05) is 0 Å². The lowest BCUT2D eigenvalue weighted by Crippen LogP contribution is -2.21. The van der Waals surface area contributed by atoms with E-state index in [0.29, 0.717) is 23.1 Å². The third-order valence-electron chi connectivity index (χ3n) is 3.91. The molecule has 2 heterocycles. The van der Waals surface area contributed by atoms with Gasteiger partial charge in [-0.05, 0) is 35.9 Å². The number of benzene rings is 2. The van der Waals surface area contributed by atoms with Gasteiger partial charge in [0.2, 0.25) is 0 Å². The van der Waals surface area contributed by atoms with Crippen molar-refractivity contribution < 1.29 is 9.53 Å². The van der Waals surface area contributed by atoms with E-state index in [1.807, 2.05) is 54.6 Å². The second-order valence-corrected chi connectivity index (χ2v) is 7.05. The lowest BCUT2D eigenvalue weighted by Gasteiger charge is -2.16. The van der Waals surface area contributed by atoms with Crippen LogP contribution >= 0.6 is 22.9 Å². The Morgan fingerprint density at radius 1 is 1.17 bits per heavy atom. The fraction of sp³-hybridized carbons (Fsp3) is 0.105. The van der Waals surface area contributed by atoms with E-state index in [1.165, 1.54) is 11.3 Å². The summed E-state index contributed by atoms with van der Waals surface area (Å²) in [6.07, 6.45) is 0. The Hall–Kier alpha value is -2.30. The molecule has 0 fully saturated rings. The summed E-state index contributed by atoms with van der Waals surface area (Å²) in [5.41, 5.74) is 3.14. The second-order valence-electron chi connectivity index (χ2n) is 5.56. The molecule has 1 amide bonds. The smallest absolute Gasteiger partial charge is 0.261 e. The summed E-state index contributed by atoms with van der Waals surface area (Å²) in [4.78, 5) is 14.3. The highest BCUT2D eigenvalue weighted by Crippen LogP contribution is 2.42. The van der Waals surface area contributed by atoms with Crippen molar-refractivity contribution in [1.29, 1.82) is 0 Å². The molecule has 2 aromatic carbocycles. The van der Waals surface area contributed by atoms with E-state index < -0.39 is 0 Å². The number of halogens is 1. The third kappa shape index (κ3) is 2.90. The Bertz CT molecular complexity index is 902. The molecule has 0 radical (unpaired) electrons. The molecule has 1 aliphatic heterocycles. The number of thiophene rings is 1. The van der Waals surface area contributed by atoms with Crippen molar-refractivity contribution >= 4 is 28.8 Å². The minimum atomic E-state index is -0.0677. The molecule has 0 atom stereocenters. The average Bonchev–Trinajstić information content (AvgIpc) is 3.06. The van der Waals surface area contributed by atoms with Crippen LogP contribution in [0.15, 0.2) is 54.6 Å². The molecule has 1 aliphatic rings. The van der Waals surface area contributed by atoms with Gasteiger partial charge in [-0.1, -0.05) is 35.9 Å². The quantitative estimate of drug-likeness (QED) is 0.726. The predicted molar refractivity (Wildman–Crippen MR) is 96.7 cm³/mol. The van der Waals surface area contributed by atoms with Gasteiger partial charge in [0.25, 0.3) is 5.91 Å². The summed E-state index contributed by atoms with van der Waals surface area (Å²) in [6, 6.07) is 17.3. The molecule has 5 heteroatoms. The topological polar surface area (TPSA) is 38.3 Å². The van der Waals surface area contributed by atoms with Crippen molar-refractivity contribution in [2.45, 2.75) is 13.2 Å². The molecule has 4 rings (SSSR count). The first-order chi connectivity index (χ1) is 11.7. The number of rotatable bonds is 3. The second kappa shape index (κ2) is 6.30. The molecule has 24 heavy (non-hydrogen) atoms. The zero-order chi connectivity index (χ0) is 16.5. The van der Waals surface area contributed by atoms with Gasteiger partial charge in [-0.2, -0.15) is 0 Å². The highest BCUT2D eigenvalue weighted by molar-refractivity contribution is 7.17. The minimum Gasteiger partial charge on any atom is -0.488 e. The van der Waals surface area contributed by atoms with Crippen LogP contribution in [0.25, 0.3) is 10.4 Å². The van der Waals surface area contributed by atoms with Crippen LogP contribution in [0.5, 0.6) is 5.75 Å². The van der Waals surface area contributed by atoms with Crippen molar-refractivity contribution in [3.63, 3.8) is 0 Å². The summed E-state index contributed by atoms with van der Waals surface area (Å²) in [6.45, 7) is 0.985. The van der Waals surface area contributed by atoms with Crippen molar-refractivity contribution in [3.8, 4) is 16.2 Å². The van der Waals surface area contributed by atoms with Gasteiger partial charge in [-0.15, -0.1) is 11.3 Å². The number of carbonyl (C=O) groups is 1. The molecule has 0 saturated carbocycles. The monoisotopic (exact) mass is 355 g/mol. The summed E-state index contributed by atoms with van der Waals surface area (Å²) in [5, 5.41) is 3.64. The van der Waals surface area contributed by atoms with Crippen LogP contribution < -0.4 is 10.1 Å². The zero-order valence-corrected chi connectivity index (χ0v) is 14.3. The van der Waals surface area contributed by atoms with Gasteiger partial charge in [0.1, 0.15) is 12.4 Å². The van der Waals surface area contributed by atoms with Crippen LogP contribution in [0.2, 0.25) is 5.02 Å². The Labute approximate surface area is 148 Å². The molecule has 0 spiro atoms. The molecular formula is C19H14ClNO2S. The van der Waals surface area contributed by atoms with E-state index in [4.69, 9.17) is 16.3 Å². The lowest BCUT2D eigenvalue weighted by molar-refractivity contribution is 0.0955. The van der Waals surface area contributed by atoms with Crippen LogP contribution in [0.3, 0.4) is 0 Å². The van der Waals surface area contributed by atoms with Crippen LogP contribution in [-0.2, 0) is 13.2 Å². The molecule has 0 aliphatic carbocycles. The van der Waals surface area contributed by atoms with Gasteiger partial charge < -0.3 is 10.1 Å². The van der Waals surface area contributed by atoms with Crippen molar-refractivity contribution in [3.05, 3.63) is 75.6 Å². The molecule has 1 N–H and O–H groups in total. The minimum absolute atomic E-state index is 0.0677. The normalized spacial score (nSPS) is 12.0. The maximum Gasteiger partial charge on any atom is 0.261 e. The number of carbonyl (C=O) groups excluding carboxylic acids is 1. The molecule has 3 aromatic rings. The molecule has 0 bridgehead atoms. The largest absolute Gasteiger partial charge is 0.488 e. The molecule has 0 unspecified atom stereocenters. The van der Waals surface area contributed by atoms with E-state index >= 15 is 0 Å². The standard InChI is InChI=1S/C19H14ClNO2S/c20-14-7-5-12(6-8-14)10-21-19(22)17-9-13-11-23-16-4-2-1-3-15(16)18(13)24-17/h1-9H,10-11H2,(H,21,22). The zero-order valence-electron chi connectivity index (χ0n) is 12.7. The van der Waals surface area contributed by atoms with E-state index in [1.54, 1.807) is 0 Å². The summed E-state index contributed by atoms with van der Waals surface area (Å²) >= 11 is 7.38. The van der Waals surface area contributed by atoms with Gasteiger partial charge >= 0.3 is 0 Å². The number of fused-ring (bicyclic) bond motifs is 3. The van der Waals surface area contributed by atoms with Crippen LogP contribution in [0.4, 0.5) is 0 Å². The van der Waals surface area contributed by atoms with Crippen LogP contribution in [0, 0.1) is 0 Å². The Balaban J connectivity index is 1.52. The first-order valence-electron chi connectivity index (χ1n) is 7.58. The highest BCUT2D eigenvalue weighted by atomic mass is 35.5. The van der Waals surface area contributed by atoms with Gasteiger partial charge in [0, 0.05) is 27.6 Å². The van der Waals surface area contributed by atoms with Crippen LogP contribution in [-0.4, -0.2) is 5.91 Å². The summed E-state index contributed by atoms with van der Waals surface area (Å²) in [7, 11) is 0. The number of amides is 1. The van der Waals surface area contributed by atoms with Gasteiger partial charge in [0.15, 0.2) is 0 Å². The third-order valence-corrected chi connectivity index (χ3v) is 5.38. The maximum absolute atomic E-state index is 12.4. The Morgan fingerprint density at radius 2 is 1.96 bits per heavy atom. The first kappa shape index (κ1) is 15.2. The number of ether oxygens (including phenoxy) is 1. The molecule has 120 valence electrons. The van der Waals surface area contributed by atoms with E-state index in [0.717, 1.165) is 27.3 Å². The number of nitrogens with one attached hydrogen (secondary N) is 1. The SMILES string of the molecule is O=C(NCc1ccc(Cl)cc1)c1cc2c(s1)-c1ccccc1OC2. The van der Waals surface area contributed by atoms with Gasteiger partial charge in [0.05, 0.1) is 4.88 Å². The van der Waals surface area contributed by atoms with E-state index in [-0.39, 0.29) is 5.91 Å². The van der Waals surface area contributed by atoms with Crippen LogP contribution in [0.1, 0.15) is 20.8 Å². The molecule has 3 nitrogen and oxygen atoms in total. The average molecular weight is 356 g/mol. The van der Waals surface area contributed by atoms with E-state index in [9.17, 15) is 4.79 Å². The fourth-order valence-corrected chi connectivity index (χ4v) is 3.92. The fourth-order valence-electron chi connectivity index (χ4n) is 2.68. The van der Waals surface area contributed by atoms with Gasteiger partial charge in [-0.3, -0.25) is 4.79 Å². The molecule has 0 saturated heterocycles. The first-order valence-corrected chi connectivity index (χ1v) is 8.78. The summed E-state index contributed by atoms with van der Waals surface area (Å²) in [5.74, 6) is 0.807. The predicted octanol–water partition coefficient (Wildman–Crippen LogP) is 4.89. The Kier molecular flexibility index (Phi) is 4.00. The lowest BCUT2D eigenvalue weighted by atomic mass is 10.1. The highest BCUT2D eigenvalue weighted by Gasteiger charge is 2.22. The van der Waals surface area contributed by atoms with Gasteiger partial charge in [-0.25, -0.2) is 0 Å². The molecular weight excluding hydrogens is 342 g/mol. The Morgan fingerprint density at radius 3 is 2.79 bits per heavy atom. The maximum atomic E-state index is 12.4. The van der Waals surface area contributed by atoms with Crippen molar-refractivity contribution in [1.82, 2.24) is 5.32 Å². The summed E-state index contributed by atoms with van der Waals surface area (Å²) < 4.78 is 5.75. The molecule has 1 aromatic heterocycles. The number of hydrogen-bond acceptors (Lipinski definition) is 3. The number of hydrogen-bond donors (Lipinski definition) is 1.